The molecule has 0 bridgehead atoms. The smallest absolute Gasteiger partial charge is 0.373 e. The van der Waals surface area contributed by atoms with E-state index in [2.05, 4.69) is 10.5 Å². The Labute approximate surface area is 133 Å². The van der Waals surface area contributed by atoms with Crippen molar-refractivity contribution in [2.75, 3.05) is 25.5 Å². The van der Waals surface area contributed by atoms with E-state index in [-0.39, 0.29) is 22.7 Å². The molecule has 0 aliphatic heterocycles. The Kier molecular flexibility index (Phi) is 7.03. The number of rotatable bonds is 9. The van der Waals surface area contributed by atoms with Crippen LogP contribution in [0, 0.1) is 10.1 Å². The number of nitro benzene ring substituents is 1. The lowest BCUT2D eigenvalue weighted by molar-refractivity contribution is -0.384. The highest BCUT2D eigenvalue weighted by Crippen LogP contribution is 2.35. The molecule has 1 aromatic carbocycles. The predicted octanol–water partition coefficient (Wildman–Crippen LogP) is 0.370. The maximum absolute atomic E-state index is 11.2. The van der Waals surface area contributed by atoms with Gasteiger partial charge in [0.05, 0.1) is 12.0 Å². The first-order chi connectivity index (χ1) is 10.9. The highest BCUT2D eigenvalue weighted by Gasteiger charge is 2.21. The van der Waals surface area contributed by atoms with Gasteiger partial charge in [-0.15, -0.1) is 0 Å². The van der Waals surface area contributed by atoms with Crippen LogP contribution in [0.3, 0.4) is 0 Å². The molecule has 124 valence electrons. The largest absolute Gasteiger partial charge is 0.494 e. The molecule has 5 N–H and O–H groups in total. The number of benzene rings is 1. The van der Waals surface area contributed by atoms with Gasteiger partial charge in [0.1, 0.15) is 5.75 Å². The molecule has 9 nitrogen and oxygen atoms in total. The molecule has 0 heterocycles. The van der Waals surface area contributed by atoms with Gasteiger partial charge < -0.3 is 26.0 Å². The van der Waals surface area contributed by atoms with Crippen molar-refractivity contribution in [3.05, 3.63) is 40.0 Å². The third kappa shape index (κ3) is 5.60. The van der Waals surface area contributed by atoms with Crippen molar-refractivity contribution in [3.8, 4) is 5.75 Å². The second kappa shape index (κ2) is 8.76. The van der Waals surface area contributed by atoms with E-state index in [9.17, 15) is 14.9 Å². The minimum Gasteiger partial charge on any atom is -0.494 e. The van der Waals surface area contributed by atoms with Crippen LogP contribution < -0.4 is 21.0 Å². The highest BCUT2D eigenvalue weighted by atomic mass is 16.6. The van der Waals surface area contributed by atoms with Crippen molar-refractivity contribution in [1.29, 1.82) is 0 Å². The van der Waals surface area contributed by atoms with E-state index in [0.29, 0.717) is 13.1 Å². The molecule has 0 radical (unpaired) electrons. The first-order valence-electron chi connectivity index (χ1n) is 6.83. The third-order valence-electron chi connectivity index (χ3n) is 2.88. The molecule has 1 rings (SSSR count). The molecule has 0 aliphatic carbocycles. The van der Waals surface area contributed by atoms with Gasteiger partial charge in [-0.3, -0.25) is 14.9 Å². The van der Waals surface area contributed by atoms with E-state index in [4.69, 9.17) is 15.5 Å². The number of nitrogens with two attached hydrogens (primary N) is 1. The Morgan fingerprint density at radius 2 is 2.13 bits per heavy atom. The Morgan fingerprint density at radius 1 is 1.48 bits per heavy atom. The summed E-state index contributed by atoms with van der Waals surface area (Å²) < 4.78 is 5.09. The lowest BCUT2D eigenvalue weighted by Crippen LogP contribution is -2.30. The quantitative estimate of drug-likeness (QED) is 0.223. The number of methoxy groups -OCH3 is 1. The van der Waals surface area contributed by atoms with Crippen LogP contribution in [0.2, 0.25) is 6.82 Å². The van der Waals surface area contributed by atoms with E-state index in [1.807, 2.05) is 0 Å². The number of hydrogen-bond donors (Lipinski definition) is 4. The van der Waals surface area contributed by atoms with Crippen LogP contribution in [-0.4, -0.2) is 43.1 Å². The number of carbonyl (C=O) groups is 1. The van der Waals surface area contributed by atoms with Crippen molar-refractivity contribution < 1.29 is 19.5 Å². The average molecular weight is 322 g/mol. The lowest BCUT2D eigenvalue weighted by atomic mass is 9.89. The molecule has 0 unspecified atom stereocenters. The molecule has 0 aliphatic rings. The first-order valence-corrected chi connectivity index (χ1v) is 6.83. The van der Waals surface area contributed by atoms with Gasteiger partial charge in [0.15, 0.2) is 5.69 Å². The third-order valence-corrected chi connectivity index (χ3v) is 2.88. The molecule has 10 heteroatoms. The summed E-state index contributed by atoms with van der Waals surface area (Å²) in [5.41, 5.74) is 5.02. The number of primary amides is 1. The molecular weight excluding hydrogens is 303 g/mol. The zero-order valence-electron chi connectivity index (χ0n) is 12.9. The van der Waals surface area contributed by atoms with E-state index in [1.165, 1.54) is 13.2 Å². The summed E-state index contributed by atoms with van der Waals surface area (Å²) in [7, 11) is 0.729. The van der Waals surface area contributed by atoms with Crippen molar-refractivity contribution in [1.82, 2.24) is 5.23 Å². The summed E-state index contributed by atoms with van der Waals surface area (Å²) in [5, 5.41) is 25.9. The minimum atomic E-state index is -0.776. The minimum absolute atomic E-state index is 0.00391. The summed E-state index contributed by atoms with van der Waals surface area (Å²) in [5.74, 6) is -0.620. The lowest BCUT2D eigenvalue weighted by Gasteiger charge is -2.11. The maximum Gasteiger partial charge on any atom is 0.373 e. The van der Waals surface area contributed by atoms with Gasteiger partial charge in [-0.05, 0) is 12.9 Å². The fourth-order valence-corrected chi connectivity index (χ4v) is 1.79. The fourth-order valence-electron chi connectivity index (χ4n) is 1.79. The molecule has 0 saturated carbocycles. The van der Waals surface area contributed by atoms with E-state index in [1.54, 1.807) is 19.0 Å². The second-order valence-electron chi connectivity index (χ2n) is 4.63. The molecule has 0 fully saturated rings. The van der Waals surface area contributed by atoms with Gasteiger partial charge >= 0.3 is 7.05 Å². The number of nitrogens with zero attached hydrogens (tertiary/aromatic N) is 1. The van der Waals surface area contributed by atoms with Gasteiger partial charge in [0.25, 0.3) is 5.69 Å². The van der Waals surface area contributed by atoms with E-state index < -0.39 is 17.9 Å². The monoisotopic (exact) mass is 322 g/mol. The SMILES string of the molecule is COc1cc(C(N)=O)cc([N+](=O)[O-])c1NC/C=C/CNB(C)O. The van der Waals surface area contributed by atoms with Crippen LogP contribution in [0.4, 0.5) is 11.4 Å². The predicted molar refractivity (Wildman–Crippen MR) is 87.6 cm³/mol. The van der Waals surface area contributed by atoms with Crippen LogP contribution in [-0.2, 0) is 0 Å². The number of hydrogen-bond acceptors (Lipinski definition) is 7. The number of ether oxygens (including phenoxy) is 1. The molecule has 1 amide bonds. The molecule has 0 saturated heterocycles. The average Bonchev–Trinajstić information content (AvgIpc) is 2.49. The molecule has 0 aromatic heterocycles. The topological polar surface area (TPSA) is 140 Å². The Bertz CT molecular complexity index is 606. The molecule has 23 heavy (non-hydrogen) atoms. The van der Waals surface area contributed by atoms with Crippen LogP contribution in [0.25, 0.3) is 0 Å². The fraction of sp³-hybridized carbons (Fsp3) is 0.308. The van der Waals surface area contributed by atoms with Gasteiger partial charge in [0, 0.05) is 24.7 Å². The van der Waals surface area contributed by atoms with E-state index >= 15 is 0 Å². The van der Waals surface area contributed by atoms with Crippen molar-refractivity contribution in [3.63, 3.8) is 0 Å². The Hall–Kier alpha value is -2.59. The zero-order valence-corrected chi connectivity index (χ0v) is 12.9. The summed E-state index contributed by atoms with van der Waals surface area (Å²) in [4.78, 5) is 21.8. The Morgan fingerprint density at radius 3 is 2.65 bits per heavy atom. The normalized spacial score (nSPS) is 10.6. The number of nitrogens with one attached hydrogen (secondary N) is 2. The zero-order chi connectivity index (χ0) is 17.4. The summed E-state index contributed by atoms with van der Waals surface area (Å²) in [6.45, 7) is 2.36. The summed E-state index contributed by atoms with van der Waals surface area (Å²) >= 11 is 0. The molecule has 0 atom stereocenters. The maximum atomic E-state index is 11.2. The number of nitro groups is 1. The highest BCUT2D eigenvalue weighted by molar-refractivity contribution is 6.45. The van der Waals surface area contributed by atoms with Crippen LogP contribution in [0.15, 0.2) is 24.3 Å². The summed E-state index contributed by atoms with van der Waals surface area (Å²) in [6.07, 6.45) is 3.50. The van der Waals surface area contributed by atoms with Crippen LogP contribution >= 0.6 is 0 Å². The van der Waals surface area contributed by atoms with Gasteiger partial charge in [-0.2, -0.15) is 0 Å². The second-order valence-corrected chi connectivity index (χ2v) is 4.63. The number of amides is 1. The number of carbonyl (C=O) groups excluding carboxylic acids is 1. The molecular formula is C13H19BN4O5. The van der Waals surface area contributed by atoms with Crippen molar-refractivity contribution in [2.24, 2.45) is 5.73 Å². The van der Waals surface area contributed by atoms with Crippen molar-refractivity contribution >= 4 is 24.3 Å². The van der Waals surface area contributed by atoms with Gasteiger partial charge in [-0.25, -0.2) is 0 Å². The van der Waals surface area contributed by atoms with E-state index in [0.717, 1.165) is 6.07 Å². The van der Waals surface area contributed by atoms with Crippen LogP contribution in [0.1, 0.15) is 10.4 Å². The molecule has 1 aromatic rings. The molecule has 0 spiro atoms. The number of anilines is 1. The van der Waals surface area contributed by atoms with Gasteiger partial charge in [0.2, 0.25) is 5.91 Å². The standard InChI is InChI=1S/C13H19BN4O5/c1-14(20)17-6-4-3-5-16-12-10(18(21)22)7-9(13(15)19)8-11(12)23-2/h3-4,7-8,16-17,20H,5-6H2,1-2H3,(H2,15,19)/b4-3+. The van der Waals surface area contributed by atoms with Gasteiger partial charge in [-0.1, -0.05) is 12.2 Å². The summed E-state index contributed by atoms with van der Waals surface area (Å²) in [6, 6.07) is 2.45. The Balaban J connectivity index is 2.91. The van der Waals surface area contributed by atoms with Crippen LogP contribution in [0.5, 0.6) is 5.75 Å². The van der Waals surface area contributed by atoms with Crippen molar-refractivity contribution in [2.45, 2.75) is 6.82 Å². The first kappa shape index (κ1) is 18.5.